The summed E-state index contributed by atoms with van der Waals surface area (Å²) < 4.78 is 31.9. The summed E-state index contributed by atoms with van der Waals surface area (Å²) in [5, 5.41) is 2.28. The molecule has 0 atom stereocenters. The first-order chi connectivity index (χ1) is 11.4. The Balaban J connectivity index is 1.75. The van der Waals surface area contributed by atoms with Gasteiger partial charge in [0.15, 0.2) is 0 Å². The van der Waals surface area contributed by atoms with Crippen LogP contribution in [0, 0.1) is 0 Å². The second kappa shape index (κ2) is 8.48. The van der Waals surface area contributed by atoms with Crippen LogP contribution in [0.1, 0.15) is 0 Å². The number of thiophene rings is 1. The lowest BCUT2D eigenvalue weighted by Crippen LogP contribution is -2.39. The van der Waals surface area contributed by atoms with Crippen molar-refractivity contribution in [2.75, 3.05) is 26.7 Å². The Morgan fingerprint density at radius 3 is 2.62 bits per heavy atom. The quantitative estimate of drug-likeness (QED) is 0.752. The number of benzene rings is 1. The Bertz CT molecular complexity index is 761. The highest BCUT2D eigenvalue weighted by molar-refractivity contribution is 7.91. The first-order valence-corrected chi connectivity index (χ1v) is 9.78. The molecule has 6 nitrogen and oxygen atoms in total. The van der Waals surface area contributed by atoms with Crippen LogP contribution < -0.4 is 9.46 Å². The van der Waals surface area contributed by atoms with Crippen LogP contribution in [0.15, 0.2) is 46.0 Å². The monoisotopic (exact) mass is 388 g/mol. The van der Waals surface area contributed by atoms with Crippen molar-refractivity contribution in [1.29, 1.82) is 0 Å². The maximum absolute atomic E-state index is 12.0. The maximum Gasteiger partial charge on any atom is 0.250 e. The molecule has 9 heteroatoms. The molecular weight excluding hydrogens is 372 g/mol. The number of carbonyl (C=O) groups excluding carboxylic acids is 1. The molecule has 1 aromatic heterocycles. The molecule has 1 aromatic carbocycles. The summed E-state index contributed by atoms with van der Waals surface area (Å²) in [6, 6.07) is 10.0. The SMILES string of the molecule is CN(CCOc1ccc(Cl)cc1)C(=O)CNS(=O)(=O)c1cccs1. The topological polar surface area (TPSA) is 75.7 Å². The maximum atomic E-state index is 12.0. The number of likely N-dealkylation sites (N-methyl/N-ethyl adjacent to an activating group) is 1. The summed E-state index contributed by atoms with van der Waals surface area (Å²) in [7, 11) is -2.05. The molecular formula is C15H17ClN2O4S2. The van der Waals surface area contributed by atoms with Gasteiger partial charge in [-0.2, -0.15) is 0 Å². The van der Waals surface area contributed by atoms with E-state index in [0.717, 1.165) is 11.3 Å². The molecule has 2 aromatic rings. The van der Waals surface area contributed by atoms with Crippen molar-refractivity contribution < 1.29 is 17.9 Å². The van der Waals surface area contributed by atoms with Gasteiger partial charge >= 0.3 is 0 Å². The van der Waals surface area contributed by atoms with E-state index in [4.69, 9.17) is 16.3 Å². The van der Waals surface area contributed by atoms with E-state index in [1.165, 1.54) is 11.0 Å². The Kier molecular flexibility index (Phi) is 6.61. The van der Waals surface area contributed by atoms with Gasteiger partial charge in [0.25, 0.3) is 10.0 Å². The fourth-order valence-corrected chi connectivity index (χ4v) is 3.87. The highest BCUT2D eigenvalue weighted by Gasteiger charge is 2.17. The van der Waals surface area contributed by atoms with E-state index in [9.17, 15) is 13.2 Å². The Morgan fingerprint density at radius 1 is 1.29 bits per heavy atom. The molecule has 0 bridgehead atoms. The molecule has 2 rings (SSSR count). The lowest BCUT2D eigenvalue weighted by molar-refractivity contribution is -0.128. The zero-order valence-electron chi connectivity index (χ0n) is 12.9. The molecule has 0 aliphatic heterocycles. The number of nitrogens with zero attached hydrogens (tertiary/aromatic N) is 1. The molecule has 0 unspecified atom stereocenters. The van der Waals surface area contributed by atoms with Crippen LogP contribution in [-0.2, 0) is 14.8 Å². The van der Waals surface area contributed by atoms with Gasteiger partial charge in [-0.25, -0.2) is 13.1 Å². The molecule has 24 heavy (non-hydrogen) atoms. The van der Waals surface area contributed by atoms with E-state index in [2.05, 4.69) is 4.72 Å². The standard InChI is InChI=1S/C15H17ClN2O4S2/c1-18(8-9-22-13-6-4-12(16)5-7-13)14(19)11-17-24(20,21)15-3-2-10-23-15/h2-7,10,17H,8-9,11H2,1H3. The number of ether oxygens (including phenoxy) is 1. The average Bonchev–Trinajstić information content (AvgIpc) is 3.10. The Morgan fingerprint density at radius 2 is 2.00 bits per heavy atom. The van der Waals surface area contributed by atoms with Gasteiger partial charge < -0.3 is 9.64 Å². The molecule has 0 aliphatic rings. The van der Waals surface area contributed by atoms with Crippen LogP contribution in [0.25, 0.3) is 0 Å². The third-order valence-electron chi connectivity index (χ3n) is 3.11. The minimum atomic E-state index is -3.64. The number of hydrogen-bond donors (Lipinski definition) is 1. The third kappa shape index (κ3) is 5.48. The minimum Gasteiger partial charge on any atom is -0.492 e. The molecule has 1 heterocycles. The van der Waals surface area contributed by atoms with Gasteiger partial charge in [-0.1, -0.05) is 17.7 Å². The summed E-state index contributed by atoms with van der Waals surface area (Å²) in [6.07, 6.45) is 0. The number of carbonyl (C=O) groups is 1. The fraction of sp³-hybridized carbons (Fsp3) is 0.267. The van der Waals surface area contributed by atoms with E-state index in [1.807, 2.05) is 0 Å². The zero-order chi connectivity index (χ0) is 17.6. The van der Waals surface area contributed by atoms with Crippen LogP contribution in [0.3, 0.4) is 0 Å². The number of rotatable bonds is 8. The van der Waals surface area contributed by atoms with Gasteiger partial charge in [0, 0.05) is 12.1 Å². The summed E-state index contributed by atoms with van der Waals surface area (Å²) in [5.74, 6) is 0.313. The molecule has 0 radical (unpaired) electrons. The number of hydrogen-bond acceptors (Lipinski definition) is 5. The first kappa shape index (κ1) is 18.7. The van der Waals surface area contributed by atoms with E-state index in [-0.39, 0.29) is 16.7 Å². The highest BCUT2D eigenvalue weighted by Crippen LogP contribution is 2.16. The van der Waals surface area contributed by atoms with Gasteiger partial charge in [-0.3, -0.25) is 4.79 Å². The number of nitrogens with one attached hydrogen (secondary N) is 1. The number of amides is 1. The molecule has 0 saturated heterocycles. The van der Waals surface area contributed by atoms with Crippen molar-refractivity contribution in [3.05, 3.63) is 46.8 Å². The van der Waals surface area contributed by atoms with Crippen molar-refractivity contribution in [2.45, 2.75) is 4.21 Å². The molecule has 0 saturated carbocycles. The summed E-state index contributed by atoms with van der Waals surface area (Å²) >= 11 is 6.88. The molecule has 0 spiro atoms. The predicted molar refractivity (Wildman–Crippen MR) is 94.1 cm³/mol. The molecule has 130 valence electrons. The van der Waals surface area contributed by atoms with Crippen molar-refractivity contribution >= 4 is 38.9 Å². The van der Waals surface area contributed by atoms with Gasteiger partial charge in [0.05, 0.1) is 13.1 Å². The van der Waals surface area contributed by atoms with Gasteiger partial charge in [0.2, 0.25) is 5.91 Å². The van der Waals surface area contributed by atoms with Crippen LogP contribution in [-0.4, -0.2) is 46.0 Å². The Labute approximate surface area is 150 Å². The van der Waals surface area contributed by atoms with Crippen molar-refractivity contribution in [2.24, 2.45) is 0 Å². The van der Waals surface area contributed by atoms with E-state index in [1.54, 1.807) is 42.8 Å². The average molecular weight is 389 g/mol. The van der Waals surface area contributed by atoms with Crippen LogP contribution in [0.4, 0.5) is 0 Å². The van der Waals surface area contributed by atoms with E-state index < -0.39 is 10.0 Å². The van der Waals surface area contributed by atoms with E-state index in [0.29, 0.717) is 23.9 Å². The third-order valence-corrected chi connectivity index (χ3v) is 6.16. The summed E-state index contributed by atoms with van der Waals surface area (Å²) in [5.41, 5.74) is 0. The van der Waals surface area contributed by atoms with E-state index >= 15 is 0 Å². The molecule has 0 aliphatic carbocycles. The van der Waals surface area contributed by atoms with Crippen molar-refractivity contribution in [1.82, 2.24) is 9.62 Å². The Hall–Kier alpha value is -1.61. The second-order valence-electron chi connectivity index (χ2n) is 4.87. The smallest absolute Gasteiger partial charge is 0.250 e. The highest BCUT2D eigenvalue weighted by atomic mass is 35.5. The van der Waals surface area contributed by atoms with Gasteiger partial charge in [0.1, 0.15) is 16.6 Å². The number of sulfonamides is 1. The molecule has 0 fully saturated rings. The number of halogens is 1. The minimum absolute atomic E-state index is 0.184. The van der Waals surface area contributed by atoms with Gasteiger partial charge in [-0.15, -0.1) is 11.3 Å². The fourth-order valence-electron chi connectivity index (χ4n) is 1.74. The van der Waals surface area contributed by atoms with Crippen LogP contribution in [0.2, 0.25) is 5.02 Å². The zero-order valence-corrected chi connectivity index (χ0v) is 15.3. The summed E-state index contributed by atoms with van der Waals surface area (Å²) in [4.78, 5) is 13.4. The normalized spacial score (nSPS) is 11.2. The van der Waals surface area contributed by atoms with Crippen molar-refractivity contribution in [3.8, 4) is 5.75 Å². The molecule has 1 N–H and O–H groups in total. The first-order valence-electron chi connectivity index (χ1n) is 7.04. The van der Waals surface area contributed by atoms with Crippen molar-refractivity contribution in [3.63, 3.8) is 0 Å². The van der Waals surface area contributed by atoms with Gasteiger partial charge in [-0.05, 0) is 35.7 Å². The lowest BCUT2D eigenvalue weighted by Gasteiger charge is -2.17. The van der Waals surface area contributed by atoms with Crippen LogP contribution in [0.5, 0.6) is 5.75 Å². The lowest BCUT2D eigenvalue weighted by atomic mass is 10.3. The largest absolute Gasteiger partial charge is 0.492 e. The second-order valence-corrected chi connectivity index (χ2v) is 8.25. The molecule has 1 amide bonds. The predicted octanol–water partition coefficient (Wildman–Crippen LogP) is 2.22. The van der Waals surface area contributed by atoms with Crippen LogP contribution >= 0.6 is 22.9 Å². The summed E-state index contributed by atoms with van der Waals surface area (Å²) in [6.45, 7) is 0.335.